The highest BCUT2D eigenvalue weighted by Gasteiger charge is 2.53. The van der Waals surface area contributed by atoms with Crippen LogP contribution in [0.2, 0.25) is 0 Å². The highest BCUT2D eigenvalue weighted by atomic mass is 35.5. The molecule has 1 amide bonds. The first-order valence-electron chi connectivity index (χ1n) is 14.7. The molecule has 39 heavy (non-hydrogen) atoms. The van der Waals surface area contributed by atoms with Gasteiger partial charge in [0.05, 0.1) is 12.7 Å². The van der Waals surface area contributed by atoms with Crippen molar-refractivity contribution in [3.8, 4) is 0 Å². The van der Waals surface area contributed by atoms with Crippen LogP contribution in [0.15, 0.2) is 0 Å². The number of aliphatic hydroxyl groups excluding tert-OH is 2. The molecule has 8 bridgehead atoms. The van der Waals surface area contributed by atoms with Crippen LogP contribution in [0.1, 0.15) is 90.9 Å². The fourth-order valence-electron chi connectivity index (χ4n) is 9.75. The van der Waals surface area contributed by atoms with E-state index in [1.54, 1.807) is 6.92 Å². The lowest BCUT2D eigenvalue weighted by Gasteiger charge is -2.48. The lowest BCUT2D eigenvalue weighted by Crippen LogP contribution is -2.55. The maximum atomic E-state index is 13.2. The number of fused-ring (bicyclic) bond motifs is 2. The molecule has 8 aliphatic carbocycles. The first-order valence-corrected chi connectivity index (χ1v) is 14.7. The monoisotopic (exact) mass is 584 g/mol. The molecule has 8 fully saturated rings. The van der Waals surface area contributed by atoms with E-state index in [1.807, 2.05) is 0 Å². The van der Waals surface area contributed by atoms with Gasteiger partial charge in [0, 0.05) is 29.8 Å². The molecular weight excluding hydrogens is 536 g/mol. The van der Waals surface area contributed by atoms with E-state index in [0.717, 1.165) is 64.2 Å². The van der Waals surface area contributed by atoms with E-state index in [9.17, 15) is 22.4 Å². The fourth-order valence-corrected chi connectivity index (χ4v) is 9.75. The van der Waals surface area contributed by atoms with E-state index in [4.69, 9.17) is 15.9 Å². The predicted molar refractivity (Wildman–Crippen MR) is 145 cm³/mol. The number of hydrogen-bond donors (Lipinski definition) is 4. The average molecular weight is 585 g/mol. The van der Waals surface area contributed by atoms with E-state index in [0.29, 0.717) is 30.1 Å². The maximum absolute atomic E-state index is 13.2. The lowest BCUT2D eigenvalue weighted by atomic mass is 9.62. The van der Waals surface area contributed by atoms with Gasteiger partial charge >= 0.3 is 0 Å². The number of hydrogen-bond acceptors (Lipinski definition) is 4. The number of rotatable bonds is 4. The van der Waals surface area contributed by atoms with Gasteiger partial charge in [-0.2, -0.15) is 0 Å². The molecule has 5 N–H and O–H groups in total. The third-order valence-electron chi connectivity index (χ3n) is 10.5. The predicted octanol–water partition coefficient (Wildman–Crippen LogP) is 5.55. The quantitative estimate of drug-likeness (QED) is 0.326. The second-order valence-corrected chi connectivity index (χ2v) is 14.0. The number of alkyl halides is 4. The molecule has 0 heterocycles. The van der Waals surface area contributed by atoms with Gasteiger partial charge in [-0.15, -0.1) is 12.4 Å². The Morgan fingerprint density at radius 1 is 0.821 bits per heavy atom. The van der Waals surface area contributed by atoms with E-state index in [2.05, 4.69) is 5.32 Å². The van der Waals surface area contributed by atoms with Gasteiger partial charge in [-0.25, -0.2) is 17.6 Å². The molecule has 228 valence electrons. The van der Waals surface area contributed by atoms with Gasteiger partial charge in [0.15, 0.2) is 0 Å². The van der Waals surface area contributed by atoms with E-state index < -0.39 is 24.9 Å². The molecule has 5 nitrogen and oxygen atoms in total. The van der Waals surface area contributed by atoms with Crippen molar-refractivity contribution in [2.75, 3.05) is 6.61 Å². The first kappa shape index (κ1) is 32.9. The molecule has 11 unspecified atom stereocenters. The average Bonchev–Trinajstić information content (AvgIpc) is 3.09. The molecule has 0 saturated heterocycles. The van der Waals surface area contributed by atoms with Crippen LogP contribution in [0.4, 0.5) is 17.6 Å². The topological polar surface area (TPSA) is 95.6 Å². The summed E-state index contributed by atoms with van der Waals surface area (Å²) < 4.78 is 52.3. The zero-order chi connectivity index (χ0) is 27.8. The summed E-state index contributed by atoms with van der Waals surface area (Å²) in [5.74, 6) is 1.60. The van der Waals surface area contributed by atoms with Crippen LogP contribution in [-0.4, -0.2) is 52.8 Å². The first-order chi connectivity index (χ1) is 17.8. The summed E-state index contributed by atoms with van der Waals surface area (Å²) in [5, 5.41) is 19.1. The van der Waals surface area contributed by atoms with Gasteiger partial charge in [0.2, 0.25) is 18.8 Å². The molecule has 0 spiro atoms. The SMILES string of the molecule is CC(=O)NC12CC3CC(CC(C(F)F)C(C3)C1)C2.CC(O)CO.Cl.NC12CC3CC(CC(C(F)F)C(C3)C1)C2. The summed E-state index contributed by atoms with van der Waals surface area (Å²) in [6.45, 7) is 2.93. The Morgan fingerprint density at radius 2 is 1.23 bits per heavy atom. The molecular formula is C29H49ClF4N2O3. The van der Waals surface area contributed by atoms with Crippen LogP contribution in [0, 0.1) is 47.3 Å². The fraction of sp³-hybridized carbons (Fsp3) is 0.966. The smallest absolute Gasteiger partial charge is 0.241 e. The molecule has 8 aliphatic rings. The minimum atomic E-state index is -2.19. The van der Waals surface area contributed by atoms with Crippen LogP contribution in [-0.2, 0) is 4.79 Å². The molecule has 8 saturated carbocycles. The molecule has 8 rings (SSSR count). The number of amides is 1. The van der Waals surface area contributed by atoms with Crippen LogP contribution >= 0.6 is 12.4 Å². The van der Waals surface area contributed by atoms with Crippen molar-refractivity contribution < 1.29 is 32.6 Å². The van der Waals surface area contributed by atoms with E-state index in [1.165, 1.54) is 13.3 Å². The van der Waals surface area contributed by atoms with Crippen LogP contribution in [0.3, 0.4) is 0 Å². The van der Waals surface area contributed by atoms with E-state index >= 15 is 0 Å². The summed E-state index contributed by atoms with van der Waals surface area (Å²) in [6, 6.07) is 0. The Hall–Kier alpha value is -0.640. The second-order valence-electron chi connectivity index (χ2n) is 14.0. The van der Waals surface area contributed by atoms with Crippen molar-refractivity contribution in [3.63, 3.8) is 0 Å². The lowest BCUT2D eigenvalue weighted by molar-refractivity contribution is -0.122. The summed E-state index contributed by atoms with van der Waals surface area (Å²) >= 11 is 0. The summed E-state index contributed by atoms with van der Waals surface area (Å²) in [7, 11) is 0. The largest absolute Gasteiger partial charge is 0.394 e. The zero-order valence-corrected chi connectivity index (χ0v) is 24.2. The van der Waals surface area contributed by atoms with Crippen LogP contribution < -0.4 is 11.1 Å². The van der Waals surface area contributed by atoms with Gasteiger partial charge < -0.3 is 21.3 Å². The zero-order valence-electron chi connectivity index (χ0n) is 23.3. The van der Waals surface area contributed by atoms with Crippen molar-refractivity contribution in [1.82, 2.24) is 5.32 Å². The Morgan fingerprint density at radius 3 is 1.64 bits per heavy atom. The van der Waals surface area contributed by atoms with Crippen molar-refractivity contribution >= 4 is 18.3 Å². The summed E-state index contributed by atoms with van der Waals surface area (Å²) in [5.41, 5.74) is 6.09. The molecule has 0 aliphatic heterocycles. The number of carbonyl (C=O) groups is 1. The van der Waals surface area contributed by atoms with Crippen molar-refractivity contribution in [1.29, 1.82) is 0 Å². The highest BCUT2D eigenvalue weighted by Crippen LogP contribution is 2.57. The molecule has 10 heteroatoms. The van der Waals surface area contributed by atoms with Crippen LogP contribution in [0.5, 0.6) is 0 Å². The van der Waals surface area contributed by atoms with E-state index in [-0.39, 0.29) is 53.8 Å². The number of carbonyl (C=O) groups excluding carboxylic acids is 1. The maximum Gasteiger partial charge on any atom is 0.241 e. The van der Waals surface area contributed by atoms with Gasteiger partial charge in [-0.05, 0) is 119 Å². The van der Waals surface area contributed by atoms with Gasteiger partial charge in [-0.1, -0.05) is 0 Å². The summed E-state index contributed by atoms with van der Waals surface area (Å²) in [6.07, 6.45) is 6.41. The second kappa shape index (κ2) is 13.1. The Bertz CT molecular complexity index is 823. The van der Waals surface area contributed by atoms with Gasteiger partial charge in [0.1, 0.15) is 0 Å². The molecule has 0 aromatic rings. The normalized spacial score (nSPS) is 43.9. The number of aliphatic hydroxyl groups is 2. The molecule has 0 aromatic carbocycles. The Labute approximate surface area is 236 Å². The van der Waals surface area contributed by atoms with Crippen molar-refractivity contribution in [3.05, 3.63) is 0 Å². The number of nitrogens with one attached hydrogen (secondary N) is 1. The molecule has 0 radical (unpaired) electrons. The Kier molecular flexibility index (Phi) is 11.1. The number of nitrogens with two attached hydrogens (primary N) is 1. The minimum absolute atomic E-state index is 0. The summed E-state index contributed by atoms with van der Waals surface area (Å²) in [4.78, 5) is 11.4. The van der Waals surface area contributed by atoms with Gasteiger partial charge in [-0.3, -0.25) is 4.79 Å². The third kappa shape index (κ3) is 8.01. The third-order valence-corrected chi connectivity index (χ3v) is 10.5. The Balaban J connectivity index is 0.000000182. The standard InChI is InChI=1S/C14H21F2NO.C12H19F2N.C3H8O2.ClH/c1-8(18)17-14-5-9-2-10(6-14)4-12(13(15)16)11(3-9)7-14;13-11(14)10-3-8-1-7-2-9(10)6-12(15,4-7)5-8;1-3(5)2-4;/h9-13H,2-7H2,1H3,(H,17,18);7-11H,1-6,15H2;3-5H,2H2,1H3;1H. The van der Waals surface area contributed by atoms with Crippen LogP contribution in [0.25, 0.3) is 0 Å². The van der Waals surface area contributed by atoms with Gasteiger partial charge in [0.25, 0.3) is 0 Å². The number of halogens is 5. The minimum Gasteiger partial charge on any atom is -0.394 e. The highest BCUT2D eigenvalue weighted by molar-refractivity contribution is 5.85. The molecule has 11 atom stereocenters. The van der Waals surface area contributed by atoms with Crippen molar-refractivity contribution in [2.45, 2.75) is 121 Å². The molecule has 0 aromatic heterocycles. The van der Waals surface area contributed by atoms with Crippen molar-refractivity contribution in [2.24, 2.45) is 53.1 Å².